The predicted molar refractivity (Wildman–Crippen MR) is 138 cm³/mol. The van der Waals surface area contributed by atoms with E-state index in [0.29, 0.717) is 0 Å². The standard InChI is InChI=1S/C16H20B6N10O.Pt/c1-29-11-31(15-9-5-3-7-13(15)29)19-23-17-25-21(27-19)33-22-26-18-24-20(28-22)32-12-30(2)14-8-4-6-10-16(14)32;/h3-12,23-26H,1-2H3;/q-4;+4. The number of hydrogen-bond acceptors (Lipinski definition) is 9. The van der Waals surface area contributed by atoms with Crippen LogP contribution in [-0.4, -0.2) is 57.8 Å². The van der Waals surface area contributed by atoms with Gasteiger partial charge in [-0.2, -0.15) is 13.3 Å². The molecule has 0 spiro atoms. The van der Waals surface area contributed by atoms with Gasteiger partial charge in [-0.25, -0.2) is 0 Å². The van der Waals surface area contributed by atoms with E-state index < -0.39 is 14.4 Å². The third-order valence-electron chi connectivity index (χ3n) is 5.93. The van der Waals surface area contributed by atoms with Gasteiger partial charge in [-0.3, -0.25) is 0 Å². The molecule has 0 saturated carbocycles. The van der Waals surface area contributed by atoms with Gasteiger partial charge in [0.05, 0.1) is 0 Å². The molecule has 2 aromatic carbocycles. The molecule has 2 fully saturated rings. The summed E-state index contributed by atoms with van der Waals surface area (Å²) in [5.74, 6) is 0. The number of benzene rings is 2. The first-order chi connectivity index (χ1) is 16.2. The van der Waals surface area contributed by atoms with Gasteiger partial charge in [-0.15, -0.1) is 0 Å². The van der Waals surface area contributed by atoms with E-state index in [4.69, 9.17) is 14.8 Å². The van der Waals surface area contributed by atoms with Crippen molar-refractivity contribution in [2.75, 3.05) is 33.5 Å². The summed E-state index contributed by atoms with van der Waals surface area (Å²) >= 11 is 0. The van der Waals surface area contributed by atoms with Crippen LogP contribution in [0.5, 0.6) is 0 Å². The first-order valence-electron chi connectivity index (χ1n) is 10.8. The summed E-state index contributed by atoms with van der Waals surface area (Å²) in [6.07, 6.45) is 0. The van der Waals surface area contributed by atoms with Crippen LogP contribution < -0.4 is 40.0 Å². The maximum atomic E-state index is 6.14. The van der Waals surface area contributed by atoms with Crippen molar-refractivity contribution < 1.29 is 25.6 Å². The van der Waals surface area contributed by atoms with E-state index in [1.165, 1.54) is 0 Å². The minimum absolute atomic E-state index is 0. The summed E-state index contributed by atoms with van der Waals surface area (Å²) in [4.78, 5) is 8.32. The summed E-state index contributed by atoms with van der Waals surface area (Å²) in [6, 6.07) is 16.4. The van der Waals surface area contributed by atoms with Crippen LogP contribution in [-0.2, 0) is 25.6 Å². The second-order valence-electron chi connectivity index (χ2n) is 8.09. The molecule has 11 nitrogen and oxygen atoms in total. The Morgan fingerprint density at radius 2 is 1.12 bits per heavy atom. The molecule has 0 atom stereocenters. The molecular weight excluding hydrogens is 608 g/mol. The Hall–Kier alpha value is -1.56. The summed E-state index contributed by atoms with van der Waals surface area (Å²) < 4.78 is 6.14. The topological polar surface area (TPSA) is 98.5 Å². The molecule has 2 saturated heterocycles. The van der Waals surface area contributed by atoms with Crippen LogP contribution in [0.25, 0.3) is 10.3 Å². The van der Waals surface area contributed by atoms with E-state index in [-0.39, 0.29) is 35.3 Å². The van der Waals surface area contributed by atoms with Crippen LogP contribution in [0.15, 0.2) is 48.5 Å². The first kappa shape index (κ1) is 24.1. The zero-order valence-electron chi connectivity index (χ0n) is 18.6. The number of hydrogen-bond donors (Lipinski definition) is 4. The second kappa shape index (κ2) is 10.2. The Balaban J connectivity index is 0.00000241. The zero-order chi connectivity index (χ0) is 22.4. The van der Waals surface area contributed by atoms with Crippen LogP contribution in [0.3, 0.4) is 0 Å². The van der Waals surface area contributed by atoms with Gasteiger partial charge >= 0.3 is 21.1 Å². The molecule has 4 heterocycles. The molecule has 4 aliphatic rings. The van der Waals surface area contributed by atoms with Gasteiger partial charge < -0.3 is 54.8 Å². The molecule has 0 bridgehead atoms. The minimum atomic E-state index is -0.575. The van der Waals surface area contributed by atoms with Crippen LogP contribution in [0.1, 0.15) is 0 Å². The number of nitrogens with zero attached hydrogens (tertiary/aromatic N) is 6. The zero-order valence-corrected chi connectivity index (χ0v) is 20.9. The van der Waals surface area contributed by atoms with E-state index in [2.05, 4.69) is 64.2 Å². The molecule has 0 aromatic heterocycles. The molecular formula is C16H20B6N10OPt. The van der Waals surface area contributed by atoms with Crippen LogP contribution in [0.2, 0.25) is 0 Å². The van der Waals surface area contributed by atoms with Crippen molar-refractivity contribution in [3.05, 3.63) is 72.1 Å². The predicted octanol–water partition coefficient (Wildman–Crippen LogP) is -0.707. The Morgan fingerprint density at radius 1 is 0.706 bits per heavy atom. The first-order valence-corrected chi connectivity index (χ1v) is 10.8. The molecule has 34 heavy (non-hydrogen) atoms. The van der Waals surface area contributed by atoms with Crippen molar-refractivity contribution in [3.63, 3.8) is 0 Å². The van der Waals surface area contributed by atoms with Crippen molar-refractivity contribution in [1.82, 2.24) is 20.6 Å². The van der Waals surface area contributed by atoms with E-state index in [1.54, 1.807) is 15.1 Å². The fourth-order valence-corrected chi connectivity index (χ4v) is 4.36. The van der Waals surface area contributed by atoms with Crippen molar-refractivity contribution >= 4 is 66.5 Å². The third-order valence-corrected chi connectivity index (χ3v) is 5.93. The second-order valence-corrected chi connectivity index (χ2v) is 8.09. The summed E-state index contributed by atoms with van der Waals surface area (Å²) in [5, 5.41) is 22.3. The van der Waals surface area contributed by atoms with Gasteiger partial charge in [0, 0.05) is 22.7 Å². The number of para-hydroxylation sites is 4. The van der Waals surface area contributed by atoms with Crippen molar-refractivity contribution in [2.24, 2.45) is 0 Å². The Morgan fingerprint density at radius 3 is 1.56 bits per heavy atom. The van der Waals surface area contributed by atoms with Gasteiger partial charge in [0.1, 0.15) is 0 Å². The van der Waals surface area contributed by atoms with Crippen LogP contribution >= 0.6 is 0 Å². The molecule has 0 aliphatic carbocycles. The molecule has 4 N–H and O–H groups in total. The van der Waals surface area contributed by atoms with Crippen LogP contribution in [0, 0.1) is 13.3 Å². The quantitative estimate of drug-likeness (QED) is 0.259. The molecule has 2 aromatic rings. The number of anilines is 4. The molecule has 0 unspecified atom stereocenters. The minimum Gasteiger partial charge on any atom is -0.640 e. The molecule has 168 valence electrons. The molecule has 6 rings (SSSR count). The smallest absolute Gasteiger partial charge is 0.640 e. The normalized spacial score (nSPS) is 19.6. The molecule has 4 aliphatic heterocycles. The van der Waals surface area contributed by atoms with E-state index in [0.717, 1.165) is 22.7 Å². The largest absolute Gasteiger partial charge is 4.00 e. The fraction of sp³-hybridized carbons (Fsp3) is 0.125. The van der Waals surface area contributed by atoms with Gasteiger partial charge in [-0.05, 0) is 38.4 Å². The van der Waals surface area contributed by atoms with Crippen molar-refractivity contribution in [2.45, 2.75) is 0 Å². The van der Waals surface area contributed by atoms with Gasteiger partial charge in [0.2, 0.25) is 14.4 Å². The molecule has 2 radical (unpaired) electrons. The van der Waals surface area contributed by atoms with E-state index in [9.17, 15) is 0 Å². The van der Waals surface area contributed by atoms with E-state index >= 15 is 0 Å². The molecule has 0 amide bonds. The summed E-state index contributed by atoms with van der Waals surface area (Å²) in [6.45, 7) is 4.05. The maximum absolute atomic E-state index is 6.14. The Kier molecular flexibility index (Phi) is 7.24. The average Bonchev–Trinajstić information content (AvgIpc) is 3.37. The fourth-order valence-electron chi connectivity index (χ4n) is 4.36. The monoisotopic (exact) mass is 629 g/mol. The van der Waals surface area contributed by atoms with E-state index in [1.807, 2.05) is 51.7 Å². The summed E-state index contributed by atoms with van der Waals surface area (Å²) in [5.41, 5.74) is 4.43. The van der Waals surface area contributed by atoms with Gasteiger partial charge in [0.15, 0.2) is 14.2 Å². The third kappa shape index (κ3) is 4.51. The summed E-state index contributed by atoms with van der Waals surface area (Å²) in [7, 11) is 5.81. The Labute approximate surface area is 217 Å². The number of fused-ring (bicyclic) bond motifs is 2. The molecule has 18 heteroatoms. The maximum Gasteiger partial charge on any atom is 4.00 e. The Bertz CT molecular complexity index is 939. The van der Waals surface area contributed by atoms with Crippen LogP contribution in [0.4, 0.5) is 22.7 Å². The van der Waals surface area contributed by atoms with Gasteiger partial charge in [-0.1, -0.05) is 24.3 Å². The SMILES string of the molecule is CN1[CH-]N(B2[N-]B(OB3[N-]B(N4[CH-]N(C)c5ccccc54)N[B]N3)N[B]N2)c2ccccc21.[Pt+4]. The number of rotatable bonds is 4. The van der Waals surface area contributed by atoms with Crippen molar-refractivity contribution in [1.29, 1.82) is 0 Å². The van der Waals surface area contributed by atoms with Gasteiger partial charge in [0.25, 0.3) is 15.1 Å². The van der Waals surface area contributed by atoms with Crippen molar-refractivity contribution in [3.8, 4) is 0 Å². The number of nitrogens with one attached hydrogen (secondary N) is 4. The average molecular weight is 628 g/mol.